The highest BCUT2D eigenvalue weighted by Gasteiger charge is 2.34. The van der Waals surface area contributed by atoms with Gasteiger partial charge in [-0.3, -0.25) is 0 Å². The molecule has 2 saturated carbocycles. The van der Waals surface area contributed by atoms with Gasteiger partial charge in [0.1, 0.15) is 5.82 Å². The number of nitrogen functional groups attached to an aromatic ring is 1. The predicted molar refractivity (Wildman–Crippen MR) is 78.2 cm³/mol. The van der Waals surface area contributed by atoms with E-state index in [9.17, 15) is 0 Å². The molecule has 0 saturated heterocycles. The highest BCUT2D eigenvalue weighted by molar-refractivity contribution is 5.80. The van der Waals surface area contributed by atoms with E-state index in [1.165, 1.54) is 43.4 Å². The van der Waals surface area contributed by atoms with E-state index in [2.05, 4.69) is 17.6 Å². The molecule has 3 heteroatoms. The van der Waals surface area contributed by atoms with E-state index in [1.807, 2.05) is 12.1 Å². The van der Waals surface area contributed by atoms with Crippen molar-refractivity contribution in [1.82, 2.24) is 9.55 Å². The molecule has 0 spiro atoms. The normalized spacial score (nSPS) is 27.2. The van der Waals surface area contributed by atoms with Crippen molar-refractivity contribution in [3.8, 4) is 0 Å². The quantitative estimate of drug-likeness (QED) is 0.828. The Kier molecular flexibility index (Phi) is 2.38. The molecule has 2 fully saturated rings. The second-order valence-electron chi connectivity index (χ2n) is 6.34. The fourth-order valence-electron chi connectivity index (χ4n) is 3.62. The second kappa shape index (κ2) is 3.99. The first-order valence-corrected chi connectivity index (χ1v) is 7.51. The molecule has 100 valence electrons. The van der Waals surface area contributed by atoms with Crippen LogP contribution in [0.2, 0.25) is 0 Å². The van der Waals surface area contributed by atoms with E-state index in [-0.39, 0.29) is 0 Å². The maximum Gasteiger partial charge on any atom is 0.113 e. The molecule has 0 amide bonds. The van der Waals surface area contributed by atoms with E-state index >= 15 is 0 Å². The Morgan fingerprint density at radius 2 is 2.05 bits per heavy atom. The van der Waals surface area contributed by atoms with Crippen LogP contribution in [0.25, 0.3) is 11.0 Å². The van der Waals surface area contributed by atoms with Crippen molar-refractivity contribution in [3.05, 3.63) is 24.0 Å². The van der Waals surface area contributed by atoms with Gasteiger partial charge in [-0.25, -0.2) is 4.98 Å². The summed E-state index contributed by atoms with van der Waals surface area (Å²) in [6.45, 7) is 2.39. The van der Waals surface area contributed by atoms with Gasteiger partial charge in [0.25, 0.3) is 0 Å². The van der Waals surface area contributed by atoms with Crippen molar-refractivity contribution in [2.45, 2.75) is 51.0 Å². The summed E-state index contributed by atoms with van der Waals surface area (Å²) in [7, 11) is 0. The molecule has 2 aromatic rings. The third-order valence-corrected chi connectivity index (χ3v) is 4.83. The number of benzene rings is 1. The smallest absolute Gasteiger partial charge is 0.113 e. The molecule has 2 aliphatic rings. The minimum absolute atomic E-state index is 0.643. The molecule has 1 aromatic heterocycles. The van der Waals surface area contributed by atoms with Crippen LogP contribution >= 0.6 is 0 Å². The van der Waals surface area contributed by atoms with Gasteiger partial charge in [0.15, 0.2) is 0 Å². The number of anilines is 1. The fourth-order valence-corrected chi connectivity index (χ4v) is 3.62. The molecule has 2 unspecified atom stereocenters. The number of hydrogen-bond acceptors (Lipinski definition) is 2. The first-order chi connectivity index (χ1) is 9.24. The monoisotopic (exact) mass is 255 g/mol. The molecule has 1 heterocycles. The molecular weight excluding hydrogens is 234 g/mol. The van der Waals surface area contributed by atoms with Crippen LogP contribution in [-0.2, 0) is 0 Å². The van der Waals surface area contributed by atoms with Gasteiger partial charge in [0.05, 0.1) is 11.0 Å². The summed E-state index contributed by atoms with van der Waals surface area (Å²) in [4.78, 5) is 4.90. The van der Waals surface area contributed by atoms with Crippen molar-refractivity contribution in [2.75, 3.05) is 5.73 Å². The number of imidazole rings is 1. The molecule has 0 radical (unpaired) electrons. The lowest BCUT2D eigenvalue weighted by atomic mass is 10.1. The SMILES string of the molecule is CC1CCCC1n1c(C2CC2)nc2cc(N)ccc21. The van der Waals surface area contributed by atoms with Gasteiger partial charge in [-0.15, -0.1) is 0 Å². The van der Waals surface area contributed by atoms with Gasteiger partial charge >= 0.3 is 0 Å². The minimum Gasteiger partial charge on any atom is -0.399 e. The van der Waals surface area contributed by atoms with E-state index < -0.39 is 0 Å². The molecule has 2 aliphatic carbocycles. The largest absolute Gasteiger partial charge is 0.399 e. The fraction of sp³-hybridized carbons (Fsp3) is 0.562. The molecule has 0 aliphatic heterocycles. The van der Waals surface area contributed by atoms with Crippen LogP contribution in [0, 0.1) is 5.92 Å². The minimum atomic E-state index is 0.643. The Morgan fingerprint density at radius 1 is 1.21 bits per heavy atom. The van der Waals surface area contributed by atoms with Crippen LogP contribution in [0.15, 0.2) is 18.2 Å². The Labute approximate surface area is 113 Å². The van der Waals surface area contributed by atoms with Crippen LogP contribution in [-0.4, -0.2) is 9.55 Å². The molecule has 3 nitrogen and oxygen atoms in total. The Bertz CT molecular complexity index is 624. The summed E-state index contributed by atoms with van der Waals surface area (Å²) in [6.07, 6.45) is 6.62. The first-order valence-electron chi connectivity index (χ1n) is 7.51. The average Bonchev–Trinajstić information content (AvgIpc) is 3.05. The number of fused-ring (bicyclic) bond motifs is 1. The van der Waals surface area contributed by atoms with Crippen LogP contribution in [0.4, 0.5) is 5.69 Å². The van der Waals surface area contributed by atoms with Gasteiger partial charge < -0.3 is 10.3 Å². The van der Waals surface area contributed by atoms with E-state index in [0.29, 0.717) is 12.0 Å². The zero-order valence-electron chi connectivity index (χ0n) is 11.5. The summed E-state index contributed by atoms with van der Waals surface area (Å²) in [5.74, 6) is 2.79. The highest BCUT2D eigenvalue weighted by atomic mass is 15.1. The van der Waals surface area contributed by atoms with Crippen LogP contribution < -0.4 is 5.73 Å². The lowest BCUT2D eigenvalue weighted by Crippen LogP contribution is -2.14. The Morgan fingerprint density at radius 3 is 2.74 bits per heavy atom. The molecule has 2 atom stereocenters. The standard InChI is InChI=1S/C16H21N3/c1-10-3-2-4-14(10)19-15-8-7-12(17)9-13(15)18-16(19)11-5-6-11/h7-11,14H,2-6,17H2,1H3. The van der Waals surface area contributed by atoms with E-state index in [4.69, 9.17) is 10.7 Å². The molecule has 19 heavy (non-hydrogen) atoms. The molecule has 0 bridgehead atoms. The summed E-state index contributed by atoms with van der Waals surface area (Å²) < 4.78 is 2.55. The second-order valence-corrected chi connectivity index (χ2v) is 6.34. The highest BCUT2D eigenvalue weighted by Crippen LogP contribution is 2.45. The van der Waals surface area contributed by atoms with Gasteiger partial charge in [-0.1, -0.05) is 13.3 Å². The maximum atomic E-state index is 5.91. The molecular formula is C16H21N3. The third-order valence-electron chi connectivity index (χ3n) is 4.83. The van der Waals surface area contributed by atoms with Crippen LogP contribution in [0.5, 0.6) is 0 Å². The molecule has 4 rings (SSSR count). The summed E-state index contributed by atoms with van der Waals surface area (Å²) in [5, 5.41) is 0. The van der Waals surface area contributed by atoms with Gasteiger partial charge in [-0.05, 0) is 49.8 Å². The van der Waals surface area contributed by atoms with Crippen LogP contribution in [0.3, 0.4) is 0 Å². The summed E-state index contributed by atoms with van der Waals surface area (Å²) >= 11 is 0. The number of nitrogens with zero attached hydrogens (tertiary/aromatic N) is 2. The zero-order chi connectivity index (χ0) is 13.0. The van der Waals surface area contributed by atoms with Gasteiger partial charge in [0, 0.05) is 17.6 Å². The van der Waals surface area contributed by atoms with Crippen molar-refractivity contribution in [2.24, 2.45) is 5.92 Å². The average molecular weight is 255 g/mol. The zero-order valence-corrected chi connectivity index (χ0v) is 11.5. The maximum absolute atomic E-state index is 5.91. The number of nitrogens with two attached hydrogens (primary N) is 1. The Hall–Kier alpha value is -1.51. The van der Waals surface area contributed by atoms with Crippen LogP contribution in [0.1, 0.15) is 56.8 Å². The lowest BCUT2D eigenvalue weighted by molar-refractivity contribution is 0.405. The van der Waals surface area contributed by atoms with Crippen molar-refractivity contribution < 1.29 is 0 Å². The number of hydrogen-bond donors (Lipinski definition) is 1. The summed E-state index contributed by atoms with van der Waals surface area (Å²) in [6, 6.07) is 6.84. The van der Waals surface area contributed by atoms with Gasteiger partial charge in [0.2, 0.25) is 0 Å². The molecule has 2 N–H and O–H groups in total. The molecule has 1 aromatic carbocycles. The van der Waals surface area contributed by atoms with Gasteiger partial charge in [-0.2, -0.15) is 0 Å². The third kappa shape index (κ3) is 1.75. The lowest BCUT2D eigenvalue weighted by Gasteiger charge is -2.21. The summed E-state index contributed by atoms with van der Waals surface area (Å²) in [5.41, 5.74) is 9.10. The van der Waals surface area contributed by atoms with Crippen molar-refractivity contribution >= 4 is 16.7 Å². The first kappa shape index (κ1) is 11.3. The topological polar surface area (TPSA) is 43.8 Å². The van der Waals surface area contributed by atoms with Crippen molar-refractivity contribution in [1.29, 1.82) is 0 Å². The van der Waals surface area contributed by atoms with E-state index in [1.54, 1.807) is 0 Å². The Balaban J connectivity index is 1.92. The predicted octanol–water partition coefficient (Wildman–Crippen LogP) is 3.86. The van der Waals surface area contributed by atoms with E-state index in [0.717, 1.165) is 17.1 Å². The van der Waals surface area contributed by atoms with Crippen molar-refractivity contribution in [3.63, 3.8) is 0 Å². The number of rotatable bonds is 2. The number of aromatic nitrogens is 2.